The molecule has 29 heavy (non-hydrogen) atoms. The maximum Gasteiger partial charge on any atom is 0.251 e. The zero-order valence-corrected chi connectivity index (χ0v) is 17.3. The van der Waals surface area contributed by atoms with Gasteiger partial charge in [0.15, 0.2) is 5.15 Å². The summed E-state index contributed by atoms with van der Waals surface area (Å²) < 4.78 is 0. The molecule has 0 aromatic carbocycles. The fraction of sp³-hybridized carbons (Fsp3) is 0.333. The van der Waals surface area contributed by atoms with Gasteiger partial charge in [0, 0.05) is 57.7 Å². The van der Waals surface area contributed by atoms with Crippen LogP contribution >= 0.6 is 11.6 Å². The van der Waals surface area contributed by atoms with Crippen molar-refractivity contribution in [3.8, 4) is 0 Å². The minimum absolute atomic E-state index is 0.0632. The maximum atomic E-state index is 11.9. The third-order valence-electron chi connectivity index (χ3n) is 5.17. The van der Waals surface area contributed by atoms with Crippen LogP contribution in [-0.2, 0) is 6.54 Å². The highest BCUT2D eigenvalue weighted by molar-refractivity contribution is 6.32. The lowest BCUT2D eigenvalue weighted by molar-refractivity contribution is 0.249. The Hall–Kier alpha value is -2.77. The van der Waals surface area contributed by atoms with Crippen LogP contribution in [0.25, 0.3) is 11.0 Å². The maximum absolute atomic E-state index is 11.9. The predicted octanol–water partition coefficient (Wildman–Crippen LogP) is 2.65. The van der Waals surface area contributed by atoms with Gasteiger partial charge in [-0.3, -0.25) is 19.7 Å². The second-order valence-corrected chi connectivity index (χ2v) is 7.61. The van der Waals surface area contributed by atoms with Crippen molar-refractivity contribution in [1.29, 1.82) is 0 Å². The second-order valence-electron chi connectivity index (χ2n) is 7.25. The number of aliphatic imine (C=N–C) groups is 1. The van der Waals surface area contributed by atoms with E-state index in [1.165, 1.54) is 0 Å². The zero-order valence-electron chi connectivity index (χ0n) is 16.5. The summed E-state index contributed by atoms with van der Waals surface area (Å²) in [6.07, 6.45) is 3.58. The van der Waals surface area contributed by atoms with E-state index in [2.05, 4.69) is 29.7 Å². The average molecular weight is 411 g/mol. The van der Waals surface area contributed by atoms with Gasteiger partial charge in [-0.05, 0) is 36.8 Å². The molecule has 150 valence electrons. The number of aromatic amines is 1. The van der Waals surface area contributed by atoms with Gasteiger partial charge in [-0.15, -0.1) is 0 Å². The van der Waals surface area contributed by atoms with Crippen LogP contribution in [0.15, 0.2) is 40.2 Å². The van der Waals surface area contributed by atoms with E-state index < -0.39 is 0 Å². The van der Waals surface area contributed by atoms with E-state index in [1.54, 1.807) is 20.2 Å². The summed E-state index contributed by atoms with van der Waals surface area (Å²) in [5.74, 6) is 0. The number of pyridine rings is 3. The molecule has 1 saturated heterocycles. The summed E-state index contributed by atoms with van der Waals surface area (Å²) in [5, 5.41) is 0.508. The molecule has 0 atom stereocenters. The van der Waals surface area contributed by atoms with Crippen molar-refractivity contribution < 1.29 is 0 Å². The Bertz CT molecular complexity index is 1120. The Balaban J connectivity index is 1.42. The van der Waals surface area contributed by atoms with E-state index in [9.17, 15) is 4.79 Å². The molecule has 1 aliphatic heterocycles. The fourth-order valence-corrected chi connectivity index (χ4v) is 3.88. The van der Waals surface area contributed by atoms with E-state index in [0.29, 0.717) is 10.7 Å². The van der Waals surface area contributed by atoms with Gasteiger partial charge >= 0.3 is 0 Å². The number of aryl methyl sites for hydroxylation is 1. The average Bonchev–Trinajstić information content (AvgIpc) is 2.70. The molecular formula is C21H23ClN6O. The Morgan fingerprint density at radius 2 is 2.03 bits per heavy atom. The summed E-state index contributed by atoms with van der Waals surface area (Å²) in [4.78, 5) is 32.3. The van der Waals surface area contributed by atoms with Gasteiger partial charge in [-0.1, -0.05) is 11.6 Å². The van der Waals surface area contributed by atoms with Crippen LogP contribution in [-0.4, -0.2) is 59.3 Å². The smallest absolute Gasteiger partial charge is 0.251 e. The molecule has 0 saturated carbocycles. The molecule has 0 radical (unpaired) electrons. The molecule has 4 rings (SSSR count). The van der Waals surface area contributed by atoms with Crippen LogP contribution in [0.5, 0.6) is 0 Å². The standard InChI is InChI=1S/C21H23ClN6O/c1-14-9-17-18(26-21(14)29)10-15(11-24-17)13-27-5-7-28(8-6-27)19-4-3-16(12-23-2)25-20(19)22/h3-4,9-12H,5-8,13H2,1-2H3,(H,26,29). The van der Waals surface area contributed by atoms with Crippen molar-refractivity contribution in [1.82, 2.24) is 19.9 Å². The highest BCUT2D eigenvalue weighted by atomic mass is 35.5. The van der Waals surface area contributed by atoms with Crippen molar-refractivity contribution >= 4 is 34.5 Å². The van der Waals surface area contributed by atoms with Crippen LogP contribution in [0.4, 0.5) is 5.69 Å². The van der Waals surface area contributed by atoms with E-state index >= 15 is 0 Å². The molecule has 3 aromatic rings. The minimum Gasteiger partial charge on any atom is -0.366 e. The van der Waals surface area contributed by atoms with Crippen LogP contribution in [0.3, 0.4) is 0 Å². The molecule has 0 aliphatic carbocycles. The first-order valence-electron chi connectivity index (χ1n) is 9.58. The molecule has 0 spiro atoms. The van der Waals surface area contributed by atoms with E-state index in [-0.39, 0.29) is 5.56 Å². The lowest BCUT2D eigenvalue weighted by Crippen LogP contribution is -2.46. The predicted molar refractivity (Wildman–Crippen MR) is 117 cm³/mol. The number of hydrogen-bond donors (Lipinski definition) is 1. The molecule has 8 heteroatoms. The van der Waals surface area contributed by atoms with Gasteiger partial charge in [-0.25, -0.2) is 4.98 Å². The number of H-pyrrole nitrogens is 1. The van der Waals surface area contributed by atoms with Gasteiger partial charge in [0.1, 0.15) is 0 Å². The topological polar surface area (TPSA) is 77.5 Å². The first-order chi connectivity index (χ1) is 14.0. The number of nitrogens with zero attached hydrogens (tertiary/aromatic N) is 5. The summed E-state index contributed by atoms with van der Waals surface area (Å²) in [6.45, 7) is 6.16. The minimum atomic E-state index is -0.0632. The lowest BCUT2D eigenvalue weighted by atomic mass is 10.2. The first kappa shape index (κ1) is 19.5. The molecule has 0 amide bonds. The monoisotopic (exact) mass is 410 g/mol. The largest absolute Gasteiger partial charge is 0.366 e. The number of rotatable bonds is 4. The number of nitrogens with one attached hydrogen (secondary N) is 1. The third kappa shape index (κ3) is 4.31. The van der Waals surface area contributed by atoms with Crippen molar-refractivity contribution in [2.45, 2.75) is 13.5 Å². The molecule has 1 N–H and O–H groups in total. The Labute approximate surface area is 174 Å². The molecule has 7 nitrogen and oxygen atoms in total. The molecule has 0 bridgehead atoms. The van der Waals surface area contributed by atoms with Gasteiger partial charge < -0.3 is 9.88 Å². The summed E-state index contributed by atoms with van der Waals surface area (Å²) in [6, 6.07) is 7.79. The Morgan fingerprint density at radius 1 is 1.24 bits per heavy atom. The third-order valence-corrected chi connectivity index (χ3v) is 5.44. The van der Waals surface area contributed by atoms with Crippen molar-refractivity contribution in [3.05, 3.63) is 62.8 Å². The SMILES string of the molecule is CN=Cc1ccc(N2CCN(Cc3cnc4cc(C)c(=O)[nH]c4c3)CC2)c(Cl)n1. The highest BCUT2D eigenvalue weighted by Gasteiger charge is 2.20. The quantitative estimate of drug-likeness (QED) is 0.528. The number of fused-ring (bicyclic) bond motifs is 1. The number of hydrogen-bond acceptors (Lipinski definition) is 6. The Morgan fingerprint density at radius 3 is 2.76 bits per heavy atom. The summed E-state index contributed by atoms with van der Waals surface area (Å²) in [5.41, 5.74) is 5.02. The van der Waals surface area contributed by atoms with Crippen LogP contribution in [0, 0.1) is 6.92 Å². The van der Waals surface area contributed by atoms with Gasteiger partial charge in [0.05, 0.1) is 22.4 Å². The Kier molecular flexibility index (Phi) is 5.60. The number of anilines is 1. The number of halogens is 1. The molecule has 4 heterocycles. The molecule has 1 aliphatic rings. The lowest BCUT2D eigenvalue weighted by Gasteiger charge is -2.36. The second kappa shape index (κ2) is 8.31. The molecular weight excluding hydrogens is 388 g/mol. The normalized spacial score (nSPS) is 15.5. The van der Waals surface area contributed by atoms with Gasteiger partial charge in [0.2, 0.25) is 0 Å². The number of piperazine rings is 1. The van der Waals surface area contributed by atoms with E-state index in [4.69, 9.17) is 11.6 Å². The van der Waals surface area contributed by atoms with E-state index in [1.807, 2.05) is 30.5 Å². The van der Waals surface area contributed by atoms with Crippen LogP contribution < -0.4 is 10.5 Å². The van der Waals surface area contributed by atoms with Gasteiger partial charge in [-0.2, -0.15) is 0 Å². The van der Waals surface area contributed by atoms with Crippen LogP contribution in [0.2, 0.25) is 5.15 Å². The molecule has 3 aromatic heterocycles. The van der Waals surface area contributed by atoms with E-state index in [0.717, 1.165) is 60.7 Å². The first-order valence-corrected chi connectivity index (χ1v) is 9.96. The highest BCUT2D eigenvalue weighted by Crippen LogP contribution is 2.25. The van der Waals surface area contributed by atoms with Crippen molar-refractivity contribution in [2.24, 2.45) is 4.99 Å². The molecule has 1 fully saturated rings. The zero-order chi connectivity index (χ0) is 20.4. The summed E-state index contributed by atoms with van der Waals surface area (Å²) >= 11 is 6.38. The van der Waals surface area contributed by atoms with Crippen molar-refractivity contribution in [3.63, 3.8) is 0 Å². The number of aromatic nitrogens is 3. The molecule has 0 unspecified atom stereocenters. The van der Waals surface area contributed by atoms with Gasteiger partial charge in [0.25, 0.3) is 5.56 Å². The van der Waals surface area contributed by atoms with Crippen LogP contribution in [0.1, 0.15) is 16.8 Å². The van der Waals surface area contributed by atoms with Crippen molar-refractivity contribution in [2.75, 3.05) is 38.1 Å². The summed E-state index contributed by atoms with van der Waals surface area (Å²) in [7, 11) is 1.71. The fourth-order valence-electron chi connectivity index (χ4n) is 3.60.